The first-order valence-electron chi connectivity index (χ1n) is 7.87. The van der Waals surface area contributed by atoms with Gasteiger partial charge >= 0.3 is 6.03 Å². The van der Waals surface area contributed by atoms with Gasteiger partial charge in [0.05, 0.1) is 11.6 Å². The summed E-state index contributed by atoms with van der Waals surface area (Å²) in [5.74, 6) is 0.374. The Morgan fingerprint density at radius 2 is 2.23 bits per heavy atom. The van der Waals surface area contributed by atoms with E-state index in [2.05, 4.69) is 22.9 Å². The molecule has 22 heavy (non-hydrogen) atoms. The fourth-order valence-electron chi connectivity index (χ4n) is 2.75. The summed E-state index contributed by atoms with van der Waals surface area (Å²) in [6.07, 6.45) is 3.78. The number of nitrogens with zero attached hydrogens (tertiary/aromatic N) is 2. The summed E-state index contributed by atoms with van der Waals surface area (Å²) in [6, 6.07) is 7.79. The number of aromatic nitrogens is 1. The predicted octanol–water partition coefficient (Wildman–Crippen LogP) is 2.90. The maximum absolute atomic E-state index is 12.2. The van der Waals surface area contributed by atoms with Crippen molar-refractivity contribution in [3.8, 4) is 0 Å². The number of urea groups is 1. The molecule has 1 saturated carbocycles. The smallest absolute Gasteiger partial charge is 0.321 e. The number of carbonyl (C=O) groups is 1. The predicted molar refractivity (Wildman–Crippen MR) is 88.0 cm³/mol. The summed E-state index contributed by atoms with van der Waals surface area (Å²) in [5.41, 5.74) is 1.89. The van der Waals surface area contributed by atoms with Gasteiger partial charge in [-0.3, -0.25) is 0 Å². The Bertz CT molecular complexity index is 676. The van der Waals surface area contributed by atoms with E-state index in [9.17, 15) is 9.90 Å². The molecule has 2 amide bonds. The van der Waals surface area contributed by atoms with Gasteiger partial charge in [0.15, 0.2) is 0 Å². The van der Waals surface area contributed by atoms with E-state index in [0.29, 0.717) is 12.5 Å². The second-order valence-electron chi connectivity index (χ2n) is 6.09. The maximum atomic E-state index is 12.2. The molecule has 5 nitrogen and oxygen atoms in total. The van der Waals surface area contributed by atoms with Crippen LogP contribution in [0.15, 0.2) is 30.5 Å². The highest BCUT2D eigenvalue weighted by molar-refractivity contribution is 5.92. The number of aryl methyl sites for hydroxylation is 1. The molecule has 2 aromatic rings. The highest BCUT2D eigenvalue weighted by Gasteiger charge is 2.31. The third kappa shape index (κ3) is 3.09. The largest absolute Gasteiger partial charge is 0.391 e. The third-order valence-electron chi connectivity index (χ3n) is 4.34. The zero-order chi connectivity index (χ0) is 15.7. The quantitative estimate of drug-likeness (QED) is 0.892. The number of anilines is 1. The number of carbonyl (C=O) groups excluding carboxylic acids is 1. The van der Waals surface area contributed by atoms with E-state index < -0.39 is 6.10 Å². The molecule has 2 N–H and O–H groups in total. The van der Waals surface area contributed by atoms with Gasteiger partial charge in [-0.2, -0.15) is 0 Å². The van der Waals surface area contributed by atoms with Crippen molar-refractivity contribution in [3.05, 3.63) is 30.5 Å². The molecule has 0 radical (unpaired) electrons. The van der Waals surface area contributed by atoms with Crippen LogP contribution in [0.2, 0.25) is 0 Å². The third-order valence-corrected chi connectivity index (χ3v) is 4.34. The average Bonchev–Trinajstić information content (AvgIpc) is 3.28. The van der Waals surface area contributed by atoms with Crippen LogP contribution in [0.4, 0.5) is 10.5 Å². The standard InChI is InChI=1S/C17H23N3O2/c1-3-20-9-8-12-6-7-14(10-15(12)20)18-17(22)19(2)11-16(21)13-4-5-13/h6-10,13,16,21H,3-5,11H2,1-2H3,(H,18,22)/t16-/m0/s1. The fourth-order valence-corrected chi connectivity index (χ4v) is 2.75. The van der Waals surface area contributed by atoms with Gasteiger partial charge < -0.3 is 19.9 Å². The van der Waals surface area contributed by atoms with Crippen molar-refractivity contribution in [1.82, 2.24) is 9.47 Å². The lowest BCUT2D eigenvalue weighted by Crippen LogP contribution is -2.38. The number of amides is 2. The van der Waals surface area contributed by atoms with Crippen molar-refractivity contribution in [2.45, 2.75) is 32.4 Å². The summed E-state index contributed by atoms with van der Waals surface area (Å²) in [4.78, 5) is 13.8. The van der Waals surface area contributed by atoms with Crippen LogP contribution >= 0.6 is 0 Å². The van der Waals surface area contributed by atoms with E-state index in [1.807, 2.05) is 24.4 Å². The summed E-state index contributed by atoms with van der Waals surface area (Å²) >= 11 is 0. The number of nitrogens with one attached hydrogen (secondary N) is 1. The molecule has 0 aliphatic heterocycles. The molecule has 1 aliphatic carbocycles. The zero-order valence-corrected chi connectivity index (χ0v) is 13.1. The average molecular weight is 301 g/mol. The molecule has 0 unspecified atom stereocenters. The Balaban J connectivity index is 1.67. The summed E-state index contributed by atoms with van der Waals surface area (Å²) in [6.45, 7) is 3.37. The first-order chi connectivity index (χ1) is 10.6. The van der Waals surface area contributed by atoms with Crippen molar-refractivity contribution in [1.29, 1.82) is 0 Å². The number of aliphatic hydroxyl groups is 1. The van der Waals surface area contributed by atoms with Crippen molar-refractivity contribution in [2.24, 2.45) is 5.92 Å². The van der Waals surface area contributed by atoms with Gasteiger partial charge in [-0.15, -0.1) is 0 Å². The molecule has 1 aliphatic rings. The first-order valence-corrected chi connectivity index (χ1v) is 7.87. The molecule has 1 atom stereocenters. The molecule has 1 aromatic carbocycles. The molecule has 1 aromatic heterocycles. The minimum Gasteiger partial charge on any atom is -0.391 e. The number of hydrogen-bond acceptors (Lipinski definition) is 2. The first kappa shape index (κ1) is 14.9. The molecule has 0 spiro atoms. The van der Waals surface area contributed by atoms with Crippen LogP contribution in [0.3, 0.4) is 0 Å². The second-order valence-corrected chi connectivity index (χ2v) is 6.09. The summed E-state index contributed by atoms with van der Waals surface area (Å²) in [5, 5.41) is 14.0. The van der Waals surface area contributed by atoms with Crippen molar-refractivity contribution >= 4 is 22.6 Å². The van der Waals surface area contributed by atoms with Crippen LogP contribution in [0.1, 0.15) is 19.8 Å². The van der Waals surface area contributed by atoms with E-state index in [-0.39, 0.29) is 6.03 Å². The fraction of sp³-hybridized carbons (Fsp3) is 0.471. The van der Waals surface area contributed by atoms with Crippen LogP contribution in [0, 0.1) is 5.92 Å². The molecule has 1 fully saturated rings. The number of likely N-dealkylation sites (N-methyl/N-ethyl adjacent to an activating group) is 1. The normalized spacial score (nSPS) is 15.8. The maximum Gasteiger partial charge on any atom is 0.321 e. The van der Waals surface area contributed by atoms with E-state index in [1.54, 1.807) is 11.9 Å². The van der Waals surface area contributed by atoms with Gasteiger partial charge in [-0.25, -0.2) is 4.79 Å². The number of benzene rings is 1. The number of fused-ring (bicyclic) bond motifs is 1. The molecular formula is C17H23N3O2. The second kappa shape index (κ2) is 6.01. The number of hydrogen-bond donors (Lipinski definition) is 2. The Kier molecular flexibility index (Phi) is 4.07. The highest BCUT2D eigenvalue weighted by Crippen LogP contribution is 2.32. The van der Waals surface area contributed by atoms with Gasteiger partial charge in [-0.05, 0) is 49.3 Å². The minimum absolute atomic E-state index is 0.186. The summed E-state index contributed by atoms with van der Waals surface area (Å²) < 4.78 is 2.14. The van der Waals surface area contributed by atoms with Crippen molar-refractivity contribution in [3.63, 3.8) is 0 Å². The van der Waals surface area contributed by atoms with E-state index >= 15 is 0 Å². The van der Waals surface area contributed by atoms with Gasteiger partial charge in [-0.1, -0.05) is 6.07 Å². The van der Waals surface area contributed by atoms with Crippen LogP contribution in [0.5, 0.6) is 0 Å². The lowest BCUT2D eigenvalue weighted by Gasteiger charge is -2.21. The lowest BCUT2D eigenvalue weighted by atomic mass is 10.2. The highest BCUT2D eigenvalue weighted by atomic mass is 16.3. The molecule has 5 heteroatoms. The molecule has 3 rings (SSSR count). The van der Waals surface area contributed by atoms with Crippen LogP contribution in [-0.4, -0.2) is 40.3 Å². The summed E-state index contributed by atoms with van der Waals surface area (Å²) in [7, 11) is 1.72. The Morgan fingerprint density at radius 3 is 2.91 bits per heavy atom. The van der Waals surface area contributed by atoms with Crippen molar-refractivity contribution < 1.29 is 9.90 Å². The Labute approximate surface area is 130 Å². The Morgan fingerprint density at radius 1 is 1.45 bits per heavy atom. The van der Waals surface area contributed by atoms with E-state index in [1.165, 1.54) is 0 Å². The van der Waals surface area contributed by atoms with E-state index in [0.717, 1.165) is 36.0 Å². The van der Waals surface area contributed by atoms with Crippen LogP contribution in [0.25, 0.3) is 10.9 Å². The Hall–Kier alpha value is -2.01. The van der Waals surface area contributed by atoms with Crippen LogP contribution in [-0.2, 0) is 6.54 Å². The lowest BCUT2D eigenvalue weighted by molar-refractivity contribution is 0.117. The number of aliphatic hydroxyl groups excluding tert-OH is 1. The van der Waals surface area contributed by atoms with Crippen molar-refractivity contribution in [2.75, 3.05) is 18.9 Å². The van der Waals surface area contributed by atoms with Crippen LogP contribution < -0.4 is 5.32 Å². The monoisotopic (exact) mass is 301 g/mol. The zero-order valence-electron chi connectivity index (χ0n) is 13.1. The number of rotatable bonds is 5. The van der Waals surface area contributed by atoms with Gasteiger partial charge in [0.25, 0.3) is 0 Å². The molecule has 1 heterocycles. The minimum atomic E-state index is -0.407. The van der Waals surface area contributed by atoms with Gasteiger partial charge in [0.2, 0.25) is 0 Å². The molecular weight excluding hydrogens is 278 g/mol. The molecule has 118 valence electrons. The van der Waals surface area contributed by atoms with Gasteiger partial charge in [0, 0.05) is 32.0 Å². The topological polar surface area (TPSA) is 57.5 Å². The van der Waals surface area contributed by atoms with E-state index in [4.69, 9.17) is 0 Å². The molecule has 0 bridgehead atoms. The molecule has 0 saturated heterocycles. The SMILES string of the molecule is CCn1ccc2ccc(NC(=O)N(C)C[C@H](O)C3CC3)cc21. The van der Waals surface area contributed by atoms with Gasteiger partial charge in [0.1, 0.15) is 0 Å².